The van der Waals surface area contributed by atoms with Gasteiger partial charge in [0.15, 0.2) is 0 Å². The summed E-state index contributed by atoms with van der Waals surface area (Å²) in [5, 5.41) is 3.22. The van der Waals surface area contributed by atoms with E-state index in [2.05, 4.69) is 37.9 Å². The molecule has 0 spiro atoms. The molecule has 4 nitrogen and oxygen atoms in total. The molecule has 4 heteroatoms. The Balaban J connectivity index is 1.76. The highest BCUT2D eigenvalue weighted by Crippen LogP contribution is 2.21. The lowest BCUT2D eigenvalue weighted by atomic mass is 9.92. The van der Waals surface area contributed by atoms with Gasteiger partial charge in [-0.2, -0.15) is 0 Å². The van der Waals surface area contributed by atoms with Gasteiger partial charge in [-0.1, -0.05) is 27.2 Å². The summed E-state index contributed by atoms with van der Waals surface area (Å²) in [4.78, 5) is 17.0. The van der Waals surface area contributed by atoms with Crippen molar-refractivity contribution in [1.29, 1.82) is 0 Å². The van der Waals surface area contributed by atoms with Gasteiger partial charge in [-0.3, -0.25) is 0 Å². The molecule has 0 saturated carbocycles. The number of rotatable bonds is 4. The van der Waals surface area contributed by atoms with Crippen molar-refractivity contribution < 1.29 is 4.79 Å². The van der Waals surface area contributed by atoms with Crippen LogP contribution in [0.4, 0.5) is 4.79 Å². The number of piperidine rings is 2. The van der Waals surface area contributed by atoms with E-state index in [1.54, 1.807) is 0 Å². The van der Waals surface area contributed by atoms with Crippen LogP contribution in [0, 0.1) is 17.8 Å². The Hall–Kier alpha value is -0.770. The third kappa shape index (κ3) is 5.15. The minimum absolute atomic E-state index is 0.142. The molecule has 0 aromatic heterocycles. The zero-order chi connectivity index (χ0) is 16.1. The van der Waals surface area contributed by atoms with Crippen LogP contribution < -0.4 is 5.32 Å². The molecule has 128 valence electrons. The van der Waals surface area contributed by atoms with Crippen LogP contribution in [0.1, 0.15) is 53.4 Å². The minimum atomic E-state index is 0.142. The third-order valence-corrected chi connectivity index (χ3v) is 5.23. The van der Waals surface area contributed by atoms with Crippen LogP contribution in [0.3, 0.4) is 0 Å². The van der Waals surface area contributed by atoms with Crippen LogP contribution in [0.25, 0.3) is 0 Å². The van der Waals surface area contributed by atoms with Crippen LogP contribution in [0.2, 0.25) is 0 Å². The van der Waals surface area contributed by atoms with E-state index in [1.807, 2.05) is 4.90 Å². The van der Waals surface area contributed by atoms with Crippen LogP contribution in [-0.4, -0.2) is 54.6 Å². The second-order valence-corrected chi connectivity index (χ2v) is 7.88. The maximum absolute atomic E-state index is 12.4. The molecule has 4 unspecified atom stereocenters. The van der Waals surface area contributed by atoms with Crippen molar-refractivity contribution >= 4 is 6.03 Å². The van der Waals surface area contributed by atoms with E-state index in [-0.39, 0.29) is 12.1 Å². The zero-order valence-electron chi connectivity index (χ0n) is 15.0. The molecule has 2 aliphatic heterocycles. The van der Waals surface area contributed by atoms with Crippen LogP contribution in [-0.2, 0) is 0 Å². The molecular weight excluding hydrogens is 274 g/mol. The second-order valence-electron chi connectivity index (χ2n) is 7.88. The monoisotopic (exact) mass is 309 g/mol. The van der Waals surface area contributed by atoms with Gasteiger partial charge < -0.3 is 15.1 Å². The molecule has 2 fully saturated rings. The largest absolute Gasteiger partial charge is 0.334 e. The summed E-state index contributed by atoms with van der Waals surface area (Å²) in [6.07, 6.45) is 4.95. The summed E-state index contributed by atoms with van der Waals surface area (Å²) in [6.45, 7) is 14.2. The Morgan fingerprint density at radius 1 is 1.23 bits per heavy atom. The number of urea groups is 1. The highest BCUT2D eigenvalue weighted by molar-refractivity contribution is 5.74. The van der Waals surface area contributed by atoms with E-state index < -0.39 is 0 Å². The molecule has 0 aromatic rings. The van der Waals surface area contributed by atoms with Crippen LogP contribution >= 0.6 is 0 Å². The number of nitrogens with one attached hydrogen (secondary N) is 1. The van der Waals surface area contributed by atoms with E-state index in [4.69, 9.17) is 0 Å². The number of hydrogen-bond acceptors (Lipinski definition) is 2. The zero-order valence-corrected chi connectivity index (χ0v) is 15.0. The van der Waals surface area contributed by atoms with E-state index in [0.29, 0.717) is 5.92 Å². The number of hydrogen-bond donors (Lipinski definition) is 1. The lowest BCUT2D eigenvalue weighted by Crippen LogP contribution is -2.52. The number of nitrogens with zero attached hydrogens (tertiary/aromatic N) is 2. The molecule has 4 atom stereocenters. The number of carbonyl (C=O) groups is 1. The summed E-state index contributed by atoms with van der Waals surface area (Å²) in [7, 11) is 0. The summed E-state index contributed by atoms with van der Waals surface area (Å²) < 4.78 is 0. The smallest absolute Gasteiger partial charge is 0.317 e. The van der Waals surface area contributed by atoms with Crippen molar-refractivity contribution in [2.24, 2.45) is 17.8 Å². The summed E-state index contributed by atoms with van der Waals surface area (Å²) in [5.74, 6) is 2.25. The van der Waals surface area contributed by atoms with E-state index in [0.717, 1.165) is 37.9 Å². The first-order chi connectivity index (χ1) is 10.5. The van der Waals surface area contributed by atoms with Crippen molar-refractivity contribution in [1.82, 2.24) is 15.1 Å². The highest BCUT2D eigenvalue weighted by Gasteiger charge is 2.26. The summed E-state index contributed by atoms with van der Waals surface area (Å²) >= 11 is 0. The van der Waals surface area contributed by atoms with Crippen molar-refractivity contribution in [2.75, 3.05) is 32.7 Å². The van der Waals surface area contributed by atoms with Gasteiger partial charge in [0.1, 0.15) is 0 Å². The van der Waals surface area contributed by atoms with Gasteiger partial charge in [0.2, 0.25) is 0 Å². The number of likely N-dealkylation sites (tertiary alicyclic amines) is 2. The molecule has 2 rings (SSSR count). The number of amides is 2. The Morgan fingerprint density at radius 3 is 2.55 bits per heavy atom. The predicted octanol–water partition coefficient (Wildman–Crippen LogP) is 3.18. The molecule has 0 aliphatic carbocycles. The van der Waals surface area contributed by atoms with Gasteiger partial charge in [0.25, 0.3) is 0 Å². The van der Waals surface area contributed by atoms with E-state index >= 15 is 0 Å². The van der Waals surface area contributed by atoms with Gasteiger partial charge >= 0.3 is 6.03 Å². The predicted molar refractivity (Wildman–Crippen MR) is 92.0 cm³/mol. The second kappa shape index (κ2) is 8.19. The summed E-state index contributed by atoms with van der Waals surface area (Å²) in [5.41, 5.74) is 0. The molecule has 0 bridgehead atoms. The molecule has 1 N–H and O–H groups in total. The van der Waals surface area contributed by atoms with Crippen molar-refractivity contribution in [3.8, 4) is 0 Å². The average molecular weight is 309 g/mol. The topological polar surface area (TPSA) is 35.6 Å². The standard InChI is InChI=1S/C18H35N3O/c1-5-17-7-6-8-21(13-17)18(22)19-16(4)12-20-10-14(2)9-15(3)11-20/h14-17H,5-13H2,1-4H3,(H,19,22). The Bertz CT molecular complexity index is 350. The molecule has 2 saturated heterocycles. The van der Waals surface area contributed by atoms with Crippen molar-refractivity contribution in [3.05, 3.63) is 0 Å². The fourth-order valence-electron chi connectivity index (χ4n) is 4.26. The normalized spacial score (nSPS) is 31.8. The molecule has 22 heavy (non-hydrogen) atoms. The highest BCUT2D eigenvalue weighted by atomic mass is 16.2. The van der Waals surface area contributed by atoms with Gasteiger partial charge in [-0.25, -0.2) is 4.79 Å². The van der Waals surface area contributed by atoms with E-state index in [9.17, 15) is 4.79 Å². The van der Waals surface area contributed by atoms with Crippen molar-refractivity contribution in [2.45, 2.75) is 59.4 Å². The van der Waals surface area contributed by atoms with Crippen LogP contribution in [0.5, 0.6) is 0 Å². The molecule has 2 heterocycles. The summed E-state index contributed by atoms with van der Waals surface area (Å²) in [6, 6.07) is 0.371. The average Bonchev–Trinajstić information content (AvgIpc) is 2.46. The maximum Gasteiger partial charge on any atom is 0.317 e. The molecule has 0 radical (unpaired) electrons. The first-order valence-electron chi connectivity index (χ1n) is 9.25. The Kier molecular flexibility index (Phi) is 6.54. The lowest BCUT2D eigenvalue weighted by Gasteiger charge is -2.37. The van der Waals surface area contributed by atoms with Gasteiger partial charge in [-0.15, -0.1) is 0 Å². The molecule has 0 aromatic carbocycles. The SMILES string of the molecule is CCC1CCCN(C(=O)NC(C)CN2CC(C)CC(C)C2)C1. The van der Waals surface area contributed by atoms with E-state index in [1.165, 1.54) is 32.4 Å². The number of carbonyl (C=O) groups excluding carboxylic acids is 1. The first kappa shape index (κ1) is 17.6. The van der Waals surface area contributed by atoms with Crippen molar-refractivity contribution in [3.63, 3.8) is 0 Å². The van der Waals surface area contributed by atoms with Gasteiger partial charge in [0, 0.05) is 38.8 Å². The van der Waals surface area contributed by atoms with Gasteiger partial charge in [-0.05, 0) is 43.9 Å². The first-order valence-corrected chi connectivity index (χ1v) is 9.25. The Morgan fingerprint density at radius 2 is 1.91 bits per heavy atom. The third-order valence-electron chi connectivity index (χ3n) is 5.23. The lowest BCUT2D eigenvalue weighted by molar-refractivity contribution is 0.126. The maximum atomic E-state index is 12.4. The quantitative estimate of drug-likeness (QED) is 0.865. The fraction of sp³-hybridized carbons (Fsp3) is 0.944. The fourth-order valence-corrected chi connectivity index (χ4v) is 4.26. The van der Waals surface area contributed by atoms with Gasteiger partial charge in [0.05, 0.1) is 0 Å². The molecule has 2 aliphatic rings. The molecular formula is C18H35N3O. The Labute approximate surface area is 136 Å². The minimum Gasteiger partial charge on any atom is -0.334 e. The van der Waals surface area contributed by atoms with Crippen LogP contribution in [0.15, 0.2) is 0 Å². The molecule has 2 amide bonds.